The second-order valence-electron chi connectivity index (χ2n) is 7.39. The number of benzene rings is 2. The molecule has 0 radical (unpaired) electrons. The second-order valence-corrected chi connectivity index (χ2v) is 7.39. The van der Waals surface area contributed by atoms with Crippen molar-refractivity contribution in [2.45, 2.75) is 13.1 Å². The summed E-state index contributed by atoms with van der Waals surface area (Å²) in [5, 5.41) is 8.42. The number of ether oxygens (including phenoxy) is 1. The van der Waals surface area contributed by atoms with E-state index < -0.39 is 35.0 Å². The molecule has 4 rings (SSSR count). The predicted molar refractivity (Wildman–Crippen MR) is 121 cm³/mol. The number of amides is 2. The quantitative estimate of drug-likeness (QED) is 0.395. The minimum Gasteiger partial charge on any atom is -0.453 e. The van der Waals surface area contributed by atoms with Crippen molar-refractivity contribution in [2.75, 3.05) is 17.7 Å². The highest BCUT2D eigenvalue weighted by Gasteiger charge is 2.39. The van der Waals surface area contributed by atoms with Gasteiger partial charge in [-0.25, -0.2) is 4.79 Å². The van der Waals surface area contributed by atoms with Crippen LogP contribution in [0.15, 0.2) is 59.4 Å². The molecule has 0 saturated heterocycles. The summed E-state index contributed by atoms with van der Waals surface area (Å²) in [6.07, 6.45) is -5.64. The second kappa shape index (κ2) is 8.97. The van der Waals surface area contributed by atoms with Crippen molar-refractivity contribution in [3.8, 4) is 11.1 Å². The van der Waals surface area contributed by atoms with Crippen LogP contribution in [0.5, 0.6) is 0 Å². The fourth-order valence-electron chi connectivity index (χ4n) is 3.58. The molecule has 0 saturated carbocycles. The van der Waals surface area contributed by atoms with E-state index in [-0.39, 0.29) is 33.8 Å². The third kappa shape index (κ3) is 4.45. The van der Waals surface area contributed by atoms with Crippen LogP contribution in [-0.2, 0) is 10.9 Å². The number of alkyl halides is 3. The zero-order chi connectivity index (χ0) is 25.3. The molecule has 4 aromatic rings. The molecule has 35 heavy (non-hydrogen) atoms. The van der Waals surface area contributed by atoms with Gasteiger partial charge in [-0.05, 0) is 24.6 Å². The third-order valence-corrected chi connectivity index (χ3v) is 5.13. The van der Waals surface area contributed by atoms with E-state index in [1.54, 1.807) is 30.3 Å². The van der Waals surface area contributed by atoms with Gasteiger partial charge in [-0.1, -0.05) is 42.5 Å². The summed E-state index contributed by atoms with van der Waals surface area (Å²) in [6, 6.07) is 13.8. The van der Waals surface area contributed by atoms with Gasteiger partial charge in [0.05, 0.1) is 24.0 Å². The fourth-order valence-corrected chi connectivity index (χ4v) is 3.58. The first-order valence-corrected chi connectivity index (χ1v) is 10.2. The molecule has 2 amide bonds. The molecule has 0 atom stereocenters. The Kier molecular flexibility index (Phi) is 6.03. The minimum atomic E-state index is -4.85. The number of carbonyl (C=O) groups is 2. The maximum atomic E-state index is 13.8. The largest absolute Gasteiger partial charge is 0.453 e. The molecule has 3 N–H and O–H groups in total. The maximum Gasteiger partial charge on any atom is 0.435 e. The Hall–Kier alpha value is -4.61. The van der Waals surface area contributed by atoms with Crippen molar-refractivity contribution in [3.63, 3.8) is 0 Å². The zero-order valence-electron chi connectivity index (χ0n) is 18.4. The SMILES string of the molecule is COC(=O)Nc1ccccc1NC(=O)c1c(C)[nH]c2c(-c3ccccc3)c(C(F)(F)F)nn2c1=O. The van der Waals surface area contributed by atoms with Crippen LogP contribution in [0, 0.1) is 6.92 Å². The fraction of sp³-hybridized carbons (Fsp3) is 0.130. The number of hydrogen-bond acceptors (Lipinski definition) is 5. The molecule has 0 aliphatic rings. The topological polar surface area (TPSA) is 118 Å². The molecule has 0 unspecified atom stereocenters. The number of H-pyrrole nitrogens is 1. The van der Waals surface area contributed by atoms with E-state index in [2.05, 4.69) is 25.5 Å². The van der Waals surface area contributed by atoms with E-state index in [0.29, 0.717) is 4.52 Å². The molecule has 0 aliphatic carbocycles. The lowest BCUT2D eigenvalue weighted by atomic mass is 10.1. The van der Waals surface area contributed by atoms with E-state index >= 15 is 0 Å². The van der Waals surface area contributed by atoms with Crippen LogP contribution in [0.25, 0.3) is 16.8 Å². The summed E-state index contributed by atoms with van der Waals surface area (Å²) in [5.41, 5.74) is -2.69. The van der Waals surface area contributed by atoms with Crippen LogP contribution in [0.3, 0.4) is 0 Å². The van der Waals surface area contributed by atoms with Gasteiger partial charge in [0.2, 0.25) is 0 Å². The number of aromatic nitrogens is 3. The van der Waals surface area contributed by atoms with Gasteiger partial charge >= 0.3 is 12.3 Å². The number of halogens is 3. The van der Waals surface area contributed by atoms with Crippen molar-refractivity contribution in [2.24, 2.45) is 0 Å². The number of carbonyl (C=O) groups excluding carboxylic acids is 2. The van der Waals surface area contributed by atoms with Gasteiger partial charge in [-0.15, -0.1) is 0 Å². The number of hydrogen-bond donors (Lipinski definition) is 3. The Morgan fingerprint density at radius 3 is 2.20 bits per heavy atom. The van der Waals surface area contributed by atoms with E-state index in [9.17, 15) is 27.6 Å². The molecule has 0 bridgehead atoms. The minimum absolute atomic E-state index is 0.0317. The van der Waals surface area contributed by atoms with Crippen LogP contribution in [0.4, 0.5) is 29.3 Å². The molecule has 2 aromatic heterocycles. The molecular weight excluding hydrogens is 467 g/mol. The number of aryl methyl sites for hydroxylation is 1. The van der Waals surface area contributed by atoms with Crippen molar-refractivity contribution in [3.05, 3.63) is 81.9 Å². The van der Waals surface area contributed by atoms with Crippen LogP contribution in [0.1, 0.15) is 21.7 Å². The van der Waals surface area contributed by atoms with Gasteiger partial charge in [-0.2, -0.15) is 22.8 Å². The molecule has 180 valence electrons. The summed E-state index contributed by atoms with van der Waals surface area (Å²) in [7, 11) is 1.16. The smallest absolute Gasteiger partial charge is 0.435 e. The van der Waals surface area contributed by atoms with Gasteiger partial charge in [0.1, 0.15) is 11.2 Å². The normalized spacial score (nSPS) is 11.3. The predicted octanol–water partition coefficient (Wildman–Crippen LogP) is 4.45. The van der Waals surface area contributed by atoms with Gasteiger partial charge in [0, 0.05) is 5.69 Å². The van der Waals surface area contributed by atoms with Crippen LogP contribution in [-0.4, -0.2) is 33.7 Å². The summed E-state index contributed by atoms with van der Waals surface area (Å²) in [5.74, 6) is -0.907. The summed E-state index contributed by atoms with van der Waals surface area (Å²) in [6.45, 7) is 1.39. The third-order valence-electron chi connectivity index (χ3n) is 5.13. The lowest BCUT2D eigenvalue weighted by molar-refractivity contribution is -0.140. The molecular formula is C23H18F3N5O4. The summed E-state index contributed by atoms with van der Waals surface area (Å²) < 4.78 is 46.5. The number of nitrogens with one attached hydrogen (secondary N) is 3. The van der Waals surface area contributed by atoms with Crippen LogP contribution in [0.2, 0.25) is 0 Å². The summed E-state index contributed by atoms with van der Waals surface area (Å²) >= 11 is 0. The molecule has 2 aromatic carbocycles. The number of fused-ring (bicyclic) bond motifs is 1. The number of aromatic amines is 1. The Balaban J connectivity index is 1.84. The Bertz CT molecular complexity index is 1490. The van der Waals surface area contributed by atoms with Gasteiger partial charge in [0.25, 0.3) is 11.5 Å². The average Bonchev–Trinajstić information content (AvgIpc) is 3.21. The zero-order valence-corrected chi connectivity index (χ0v) is 18.4. The molecule has 0 spiro atoms. The number of rotatable bonds is 4. The van der Waals surface area contributed by atoms with Gasteiger partial charge in [-0.3, -0.25) is 14.9 Å². The first kappa shape index (κ1) is 23.5. The number of para-hydroxylation sites is 2. The van der Waals surface area contributed by atoms with Gasteiger partial charge in [0.15, 0.2) is 5.69 Å². The highest BCUT2D eigenvalue weighted by Crippen LogP contribution is 2.38. The molecule has 0 aliphatic heterocycles. The Labute approximate surface area is 195 Å². The highest BCUT2D eigenvalue weighted by atomic mass is 19.4. The van der Waals surface area contributed by atoms with Gasteiger partial charge < -0.3 is 15.0 Å². The monoisotopic (exact) mass is 485 g/mol. The summed E-state index contributed by atoms with van der Waals surface area (Å²) in [4.78, 5) is 40.5. The van der Waals surface area contributed by atoms with Crippen LogP contribution < -0.4 is 16.2 Å². The number of nitrogens with zero attached hydrogens (tertiary/aromatic N) is 2. The van der Waals surface area contributed by atoms with Crippen LogP contribution >= 0.6 is 0 Å². The van der Waals surface area contributed by atoms with Crippen molar-refractivity contribution < 1.29 is 27.5 Å². The van der Waals surface area contributed by atoms with Crippen molar-refractivity contribution >= 4 is 29.0 Å². The lowest BCUT2D eigenvalue weighted by Crippen LogP contribution is -2.29. The number of methoxy groups -OCH3 is 1. The molecule has 2 heterocycles. The maximum absolute atomic E-state index is 13.8. The first-order valence-electron chi connectivity index (χ1n) is 10.2. The average molecular weight is 485 g/mol. The van der Waals surface area contributed by atoms with E-state index in [0.717, 1.165) is 7.11 Å². The van der Waals surface area contributed by atoms with Crippen molar-refractivity contribution in [1.29, 1.82) is 0 Å². The first-order chi connectivity index (χ1) is 16.6. The Morgan fingerprint density at radius 2 is 1.60 bits per heavy atom. The lowest BCUT2D eigenvalue weighted by Gasteiger charge is -2.12. The van der Waals surface area contributed by atoms with Crippen molar-refractivity contribution in [1.82, 2.24) is 14.6 Å². The number of anilines is 2. The van der Waals surface area contributed by atoms with E-state index in [4.69, 9.17) is 0 Å². The molecule has 0 fully saturated rings. The molecule has 9 nitrogen and oxygen atoms in total. The highest BCUT2D eigenvalue weighted by molar-refractivity contribution is 6.07. The Morgan fingerprint density at radius 1 is 1.00 bits per heavy atom. The van der Waals surface area contributed by atoms with E-state index in [1.165, 1.54) is 31.2 Å². The standard InChI is InChI=1S/C23H18F3N5O4/c1-12-16(20(32)28-14-10-6-7-11-15(14)29-22(34)35-2)21(33)31-19(27-12)17(13-8-4-3-5-9-13)18(30-31)23(24,25)26/h3-11,27H,1-2H3,(H,28,32)(H,29,34). The van der Waals surface area contributed by atoms with E-state index in [1.807, 2.05) is 0 Å². The molecule has 12 heteroatoms.